The largest absolute Gasteiger partial charge is 0.481 e. The highest BCUT2D eigenvalue weighted by Crippen LogP contribution is 2.44. The maximum absolute atomic E-state index is 10.7. The summed E-state index contributed by atoms with van der Waals surface area (Å²) in [4.78, 5) is 15.1. The van der Waals surface area contributed by atoms with E-state index in [4.69, 9.17) is 5.11 Å². The maximum atomic E-state index is 10.7. The predicted octanol–water partition coefficient (Wildman–Crippen LogP) is 2.91. The van der Waals surface area contributed by atoms with Crippen LogP contribution < -0.4 is 0 Å². The second-order valence-corrected chi connectivity index (χ2v) is 7.11. The SMILES string of the molecule is CCc1cnc(SCC(=O)O)n1CC1(SC)CCC1. The van der Waals surface area contributed by atoms with Gasteiger partial charge in [0.25, 0.3) is 0 Å². The summed E-state index contributed by atoms with van der Waals surface area (Å²) in [5.74, 6) is -0.715. The molecular formula is C13H20N2O2S2. The van der Waals surface area contributed by atoms with E-state index in [1.54, 1.807) is 0 Å². The summed E-state index contributed by atoms with van der Waals surface area (Å²) in [6.45, 7) is 3.07. The van der Waals surface area contributed by atoms with Gasteiger partial charge in [0, 0.05) is 23.2 Å². The van der Waals surface area contributed by atoms with Crippen molar-refractivity contribution in [3.63, 3.8) is 0 Å². The first kappa shape index (κ1) is 14.8. The van der Waals surface area contributed by atoms with Crippen LogP contribution in [0.15, 0.2) is 11.4 Å². The number of hydrogen-bond acceptors (Lipinski definition) is 4. The molecular weight excluding hydrogens is 280 g/mol. The van der Waals surface area contributed by atoms with Gasteiger partial charge in [0.05, 0.1) is 5.75 Å². The Morgan fingerprint density at radius 3 is 2.79 bits per heavy atom. The lowest BCUT2D eigenvalue weighted by Gasteiger charge is -2.41. The molecule has 6 heteroatoms. The zero-order valence-electron chi connectivity index (χ0n) is 11.4. The van der Waals surface area contributed by atoms with E-state index in [1.165, 1.54) is 36.7 Å². The first-order chi connectivity index (χ1) is 9.10. The molecule has 2 rings (SSSR count). The van der Waals surface area contributed by atoms with Gasteiger partial charge in [0.1, 0.15) is 0 Å². The van der Waals surface area contributed by atoms with Crippen molar-refractivity contribution in [3.8, 4) is 0 Å². The van der Waals surface area contributed by atoms with Gasteiger partial charge in [-0.3, -0.25) is 4.79 Å². The molecule has 19 heavy (non-hydrogen) atoms. The van der Waals surface area contributed by atoms with Crippen LogP contribution in [-0.4, -0.2) is 37.4 Å². The molecule has 0 unspecified atom stereocenters. The van der Waals surface area contributed by atoms with Gasteiger partial charge >= 0.3 is 5.97 Å². The van der Waals surface area contributed by atoms with Gasteiger partial charge in [0.2, 0.25) is 0 Å². The Labute approximate surface area is 122 Å². The molecule has 0 radical (unpaired) electrons. The summed E-state index contributed by atoms with van der Waals surface area (Å²) < 4.78 is 2.56. The molecule has 106 valence electrons. The lowest BCUT2D eigenvalue weighted by atomic mass is 9.84. The molecule has 1 aromatic rings. The van der Waals surface area contributed by atoms with Crippen LogP contribution in [0.25, 0.3) is 0 Å². The van der Waals surface area contributed by atoms with Crippen molar-refractivity contribution in [2.75, 3.05) is 12.0 Å². The molecule has 0 amide bonds. The summed E-state index contributed by atoms with van der Waals surface area (Å²) >= 11 is 3.26. The Morgan fingerprint density at radius 1 is 1.58 bits per heavy atom. The normalized spacial score (nSPS) is 17.2. The van der Waals surface area contributed by atoms with Crippen molar-refractivity contribution in [1.29, 1.82) is 0 Å². The fourth-order valence-corrected chi connectivity index (χ4v) is 4.04. The molecule has 0 atom stereocenters. The molecule has 1 saturated carbocycles. The van der Waals surface area contributed by atoms with Crippen molar-refractivity contribution in [3.05, 3.63) is 11.9 Å². The number of hydrogen-bond donors (Lipinski definition) is 1. The third kappa shape index (κ3) is 3.28. The van der Waals surface area contributed by atoms with Crippen molar-refractivity contribution < 1.29 is 9.90 Å². The second-order valence-electron chi connectivity index (χ2n) is 4.89. The smallest absolute Gasteiger partial charge is 0.313 e. The zero-order chi connectivity index (χ0) is 13.9. The van der Waals surface area contributed by atoms with E-state index in [0.29, 0.717) is 4.75 Å². The first-order valence-electron chi connectivity index (χ1n) is 6.54. The van der Waals surface area contributed by atoms with Crippen LogP contribution in [0.5, 0.6) is 0 Å². The lowest BCUT2D eigenvalue weighted by Crippen LogP contribution is -2.38. The summed E-state index contributed by atoms with van der Waals surface area (Å²) in [5.41, 5.74) is 1.20. The van der Waals surface area contributed by atoms with Crippen LogP contribution in [0.3, 0.4) is 0 Å². The third-order valence-electron chi connectivity index (χ3n) is 3.73. The third-order valence-corrected chi connectivity index (χ3v) is 6.11. The standard InChI is InChI=1S/C13H20N2O2S2/c1-3-10-7-14-12(19-8-11(16)17)15(10)9-13(18-2)5-4-6-13/h7H,3-6,8-9H2,1-2H3,(H,16,17). The van der Waals surface area contributed by atoms with Crippen LogP contribution in [0, 0.1) is 0 Å². The van der Waals surface area contributed by atoms with Gasteiger partial charge in [-0.05, 0) is 25.5 Å². The van der Waals surface area contributed by atoms with Crippen LogP contribution in [-0.2, 0) is 17.8 Å². The van der Waals surface area contributed by atoms with E-state index >= 15 is 0 Å². The van der Waals surface area contributed by atoms with E-state index in [0.717, 1.165) is 18.1 Å². The van der Waals surface area contributed by atoms with Crippen molar-refractivity contribution in [2.45, 2.75) is 49.1 Å². The van der Waals surface area contributed by atoms with Gasteiger partial charge < -0.3 is 9.67 Å². The Bertz CT molecular complexity index is 450. The monoisotopic (exact) mass is 300 g/mol. The van der Waals surface area contributed by atoms with Gasteiger partial charge in [-0.15, -0.1) is 0 Å². The lowest BCUT2D eigenvalue weighted by molar-refractivity contribution is -0.133. The first-order valence-corrected chi connectivity index (χ1v) is 8.75. The van der Waals surface area contributed by atoms with Gasteiger partial charge in [-0.25, -0.2) is 4.98 Å². The molecule has 1 heterocycles. The minimum atomic E-state index is -0.791. The number of aliphatic carboxylic acids is 1. The number of carboxylic acids is 1. The number of rotatable bonds is 7. The van der Waals surface area contributed by atoms with E-state index in [1.807, 2.05) is 18.0 Å². The number of thioether (sulfide) groups is 2. The van der Waals surface area contributed by atoms with Gasteiger partial charge in [0.15, 0.2) is 5.16 Å². The zero-order valence-corrected chi connectivity index (χ0v) is 13.0. The van der Waals surface area contributed by atoms with Crippen LogP contribution in [0.4, 0.5) is 0 Å². The molecule has 0 saturated heterocycles. The molecule has 0 spiro atoms. The number of aryl methyl sites for hydroxylation is 1. The average molecular weight is 300 g/mol. The minimum Gasteiger partial charge on any atom is -0.481 e. The average Bonchev–Trinajstić information content (AvgIpc) is 2.73. The molecule has 1 aliphatic rings. The molecule has 0 aliphatic heterocycles. The fourth-order valence-electron chi connectivity index (χ4n) is 2.37. The highest BCUT2D eigenvalue weighted by Gasteiger charge is 2.37. The molecule has 1 aromatic heterocycles. The molecule has 1 N–H and O–H groups in total. The van der Waals surface area contributed by atoms with E-state index in [9.17, 15) is 4.79 Å². The second kappa shape index (κ2) is 6.22. The van der Waals surface area contributed by atoms with Crippen molar-refractivity contribution in [2.24, 2.45) is 0 Å². The quantitative estimate of drug-likeness (QED) is 0.785. The Hall–Kier alpha value is -0.620. The van der Waals surface area contributed by atoms with Gasteiger partial charge in [-0.1, -0.05) is 25.1 Å². The van der Waals surface area contributed by atoms with E-state index in [-0.39, 0.29) is 5.75 Å². The maximum Gasteiger partial charge on any atom is 0.313 e. The summed E-state index contributed by atoms with van der Waals surface area (Å²) in [6, 6.07) is 0. The molecule has 4 nitrogen and oxygen atoms in total. The summed E-state index contributed by atoms with van der Waals surface area (Å²) in [7, 11) is 0. The summed E-state index contributed by atoms with van der Waals surface area (Å²) in [6.07, 6.45) is 8.79. The van der Waals surface area contributed by atoms with Crippen LogP contribution in [0.2, 0.25) is 0 Å². The molecule has 0 aromatic carbocycles. The van der Waals surface area contributed by atoms with Crippen molar-refractivity contribution in [1.82, 2.24) is 9.55 Å². The van der Waals surface area contributed by atoms with E-state index < -0.39 is 5.97 Å². The van der Waals surface area contributed by atoms with Gasteiger partial charge in [-0.2, -0.15) is 11.8 Å². The molecule has 1 fully saturated rings. The highest BCUT2D eigenvalue weighted by molar-refractivity contribution is 8.00. The minimum absolute atomic E-state index is 0.0758. The Morgan fingerprint density at radius 2 is 2.32 bits per heavy atom. The van der Waals surface area contributed by atoms with Crippen LogP contribution >= 0.6 is 23.5 Å². The van der Waals surface area contributed by atoms with Crippen molar-refractivity contribution >= 4 is 29.5 Å². The number of aromatic nitrogens is 2. The van der Waals surface area contributed by atoms with E-state index in [2.05, 4.69) is 22.7 Å². The molecule has 0 bridgehead atoms. The summed E-state index contributed by atoms with van der Waals surface area (Å²) in [5, 5.41) is 9.65. The predicted molar refractivity (Wildman–Crippen MR) is 80.1 cm³/mol. The topological polar surface area (TPSA) is 55.1 Å². The molecule has 1 aliphatic carbocycles. The highest BCUT2D eigenvalue weighted by atomic mass is 32.2. The fraction of sp³-hybridized carbons (Fsp3) is 0.692. The number of carboxylic acid groups (broad SMARTS) is 1. The Balaban J connectivity index is 2.16. The Kier molecular flexibility index (Phi) is 4.84. The van der Waals surface area contributed by atoms with Crippen LogP contribution in [0.1, 0.15) is 31.9 Å². The number of carbonyl (C=O) groups is 1. The number of nitrogens with zero attached hydrogens (tertiary/aromatic N) is 2. The number of imidazole rings is 1.